The minimum Gasteiger partial charge on any atom is -0.320 e. The van der Waals surface area contributed by atoms with Crippen LogP contribution in [0.4, 0.5) is 0 Å². The molecule has 0 aromatic carbocycles. The highest BCUT2D eigenvalue weighted by molar-refractivity contribution is 7.10. The van der Waals surface area contributed by atoms with Gasteiger partial charge in [-0.15, -0.1) is 11.3 Å². The third kappa shape index (κ3) is 2.59. The van der Waals surface area contributed by atoms with Gasteiger partial charge in [-0.25, -0.2) is 0 Å². The summed E-state index contributed by atoms with van der Waals surface area (Å²) < 4.78 is 0. The summed E-state index contributed by atoms with van der Waals surface area (Å²) in [6, 6.07) is 4.79. The summed E-state index contributed by atoms with van der Waals surface area (Å²) in [4.78, 5) is 1.42. The Morgan fingerprint density at radius 2 is 2.33 bits per heavy atom. The summed E-state index contributed by atoms with van der Waals surface area (Å²) >= 11 is 1.82. The van der Waals surface area contributed by atoms with Crippen molar-refractivity contribution in [3.05, 3.63) is 22.4 Å². The highest BCUT2D eigenvalue weighted by Crippen LogP contribution is 2.20. The minimum atomic E-state index is 0.512. The molecule has 0 bridgehead atoms. The van der Waals surface area contributed by atoms with E-state index in [1.165, 1.54) is 4.88 Å². The molecular weight excluding hydrogens is 168 g/mol. The maximum absolute atomic E-state index is 3.31. The molecule has 0 saturated carbocycles. The Morgan fingerprint density at radius 1 is 1.50 bits per heavy atom. The molecule has 1 aromatic rings. The van der Waals surface area contributed by atoms with Gasteiger partial charge in [0, 0.05) is 10.9 Å². The molecule has 0 spiro atoms. The van der Waals surface area contributed by atoms with Crippen LogP contribution in [0.2, 0.25) is 0 Å². The zero-order chi connectivity index (χ0) is 8.81. The van der Waals surface area contributed by atoms with Gasteiger partial charge in [-0.1, -0.05) is 6.07 Å². The van der Waals surface area contributed by atoms with Crippen LogP contribution in [0, 0.1) is 0 Å². The molecule has 1 atom stereocenters. The number of thiophene rings is 1. The van der Waals surface area contributed by atoms with Crippen LogP contribution in [0.15, 0.2) is 17.5 Å². The Morgan fingerprint density at radius 3 is 2.83 bits per heavy atom. The summed E-state index contributed by atoms with van der Waals surface area (Å²) in [6.07, 6.45) is 1.15. The molecule has 1 heterocycles. The molecule has 0 aliphatic carbocycles. The second kappa shape index (κ2) is 5.30. The first-order valence-electron chi connectivity index (χ1n) is 4.23. The monoisotopic (exact) mass is 184 g/mol. The highest BCUT2D eigenvalue weighted by atomic mass is 32.1. The van der Waals surface area contributed by atoms with Gasteiger partial charge >= 0.3 is 0 Å². The van der Waals surface area contributed by atoms with Crippen LogP contribution in [-0.2, 0) is 0 Å². The van der Waals surface area contributed by atoms with E-state index in [-0.39, 0.29) is 0 Å². The van der Waals surface area contributed by atoms with Crippen LogP contribution < -0.4 is 10.6 Å². The van der Waals surface area contributed by atoms with Gasteiger partial charge in [-0.05, 0) is 38.5 Å². The van der Waals surface area contributed by atoms with Crippen molar-refractivity contribution in [1.29, 1.82) is 0 Å². The zero-order valence-corrected chi connectivity index (χ0v) is 8.45. The molecular formula is C9H16N2S. The molecule has 0 aliphatic heterocycles. The Hall–Kier alpha value is -0.380. The van der Waals surface area contributed by atoms with E-state index in [1.807, 2.05) is 25.4 Å². The molecule has 0 saturated heterocycles. The second-order valence-electron chi connectivity index (χ2n) is 2.75. The second-order valence-corrected chi connectivity index (χ2v) is 3.73. The van der Waals surface area contributed by atoms with E-state index in [9.17, 15) is 0 Å². The van der Waals surface area contributed by atoms with Gasteiger partial charge in [0.1, 0.15) is 0 Å². The van der Waals surface area contributed by atoms with Crippen LogP contribution in [0.25, 0.3) is 0 Å². The van der Waals surface area contributed by atoms with Gasteiger partial charge in [0.15, 0.2) is 0 Å². The van der Waals surface area contributed by atoms with E-state index in [0.717, 1.165) is 13.0 Å². The molecule has 68 valence electrons. The lowest BCUT2D eigenvalue weighted by molar-refractivity contribution is 0.541. The van der Waals surface area contributed by atoms with Crippen molar-refractivity contribution < 1.29 is 0 Å². The van der Waals surface area contributed by atoms with Crippen LogP contribution in [-0.4, -0.2) is 20.6 Å². The third-order valence-electron chi connectivity index (χ3n) is 1.92. The van der Waals surface area contributed by atoms with Crippen molar-refractivity contribution in [1.82, 2.24) is 10.6 Å². The average molecular weight is 184 g/mol. The maximum Gasteiger partial charge on any atom is 0.0424 e. The van der Waals surface area contributed by atoms with E-state index in [0.29, 0.717) is 6.04 Å². The lowest BCUT2D eigenvalue weighted by Crippen LogP contribution is -2.20. The van der Waals surface area contributed by atoms with Gasteiger partial charge in [-0.2, -0.15) is 0 Å². The molecule has 0 aliphatic rings. The molecule has 1 aromatic heterocycles. The topological polar surface area (TPSA) is 24.1 Å². The Bertz CT molecular complexity index is 196. The summed E-state index contributed by atoms with van der Waals surface area (Å²) in [6.45, 7) is 1.06. The van der Waals surface area contributed by atoms with Crippen LogP contribution in [0.3, 0.4) is 0 Å². The van der Waals surface area contributed by atoms with Crippen LogP contribution >= 0.6 is 11.3 Å². The molecule has 0 amide bonds. The number of hydrogen-bond acceptors (Lipinski definition) is 3. The molecule has 3 heteroatoms. The SMILES string of the molecule is CNCC[C@H](NC)c1cccs1. The van der Waals surface area contributed by atoms with Crippen molar-refractivity contribution in [3.63, 3.8) is 0 Å². The van der Waals surface area contributed by atoms with Gasteiger partial charge in [-0.3, -0.25) is 0 Å². The van der Waals surface area contributed by atoms with Crippen molar-refractivity contribution >= 4 is 11.3 Å². The van der Waals surface area contributed by atoms with Crippen molar-refractivity contribution in [3.8, 4) is 0 Å². The van der Waals surface area contributed by atoms with E-state index in [2.05, 4.69) is 28.1 Å². The van der Waals surface area contributed by atoms with Crippen molar-refractivity contribution in [2.75, 3.05) is 20.6 Å². The van der Waals surface area contributed by atoms with Gasteiger partial charge in [0.05, 0.1) is 0 Å². The lowest BCUT2D eigenvalue weighted by atomic mass is 10.2. The van der Waals surface area contributed by atoms with E-state index in [4.69, 9.17) is 0 Å². The van der Waals surface area contributed by atoms with E-state index in [1.54, 1.807) is 0 Å². The molecule has 0 radical (unpaired) electrons. The Labute approximate surface area is 78.0 Å². The highest BCUT2D eigenvalue weighted by Gasteiger charge is 2.08. The molecule has 2 nitrogen and oxygen atoms in total. The van der Waals surface area contributed by atoms with Gasteiger partial charge in [0.2, 0.25) is 0 Å². The smallest absolute Gasteiger partial charge is 0.0424 e. The normalized spacial score (nSPS) is 13.2. The molecule has 0 fully saturated rings. The quantitative estimate of drug-likeness (QED) is 0.726. The summed E-state index contributed by atoms with van der Waals surface area (Å²) in [7, 11) is 4.00. The third-order valence-corrected chi connectivity index (χ3v) is 2.90. The Balaban J connectivity index is 2.45. The van der Waals surface area contributed by atoms with E-state index < -0.39 is 0 Å². The summed E-state index contributed by atoms with van der Waals surface area (Å²) in [5.74, 6) is 0. The Kier molecular flexibility index (Phi) is 4.29. The summed E-state index contributed by atoms with van der Waals surface area (Å²) in [5, 5.41) is 8.59. The first kappa shape index (κ1) is 9.71. The maximum atomic E-state index is 3.31. The first-order valence-corrected chi connectivity index (χ1v) is 5.11. The number of nitrogens with one attached hydrogen (secondary N) is 2. The largest absolute Gasteiger partial charge is 0.320 e. The van der Waals surface area contributed by atoms with Gasteiger partial charge < -0.3 is 10.6 Å². The fraction of sp³-hybridized carbons (Fsp3) is 0.556. The number of hydrogen-bond donors (Lipinski definition) is 2. The van der Waals surface area contributed by atoms with Crippen LogP contribution in [0.1, 0.15) is 17.3 Å². The first-order chi connectivity index (χ1) is 5.88. The fourth-order valence-corrected chi connectivity index (χ4v) is 2.08. The van der Waals surface area contributed by atoms with Crippen LogP contribution in [0.5, 0.6) is 0 Å². The standard InChI is InChI=1S/C9H16N2S/c1-10-6-5-8(11-2)9-4-3-7-12-9/h3-4,7-8,10-11H,5-6H2,1-2H3/t8-/m0/s1. The van der Waals surface area contributed by atoms with Crippen molar-refractivity contribution in [2.24, 2.45) is 0 Å². The average Bonchev–Trinajstić information content (AvgIpc) is 2.59. The van der Waals surface area contributed by atoms with E-state index >= 15 is 0 Å². The molecule has 2 N–H and O–H groups in total. The van der Waals surface area contributed by atoms with Crippen molar-refractivity contribution in [2.45, 2.75) is 12.5 Å². The zero-order valence-electron chi connectivity index (χ0n) is 7.63. The molecule has 1 rings (SSSR count). The number of rotatable bonds is 5. The van der Waals surface area contributed by atoms with Gasteiger partial charge in [0.25, 0.3) is 0 Å². The summed E-state index contributed by atoms with van der Waals surface area (Å²) in [5.41, 5.74) is 0. The fourth-order valence-electron chi connectivity index (χ4n) is 1.21. The molecule has 0 unspecified atom stereocenters. The lowest BCUT2D eigenvalue weighted by Gasteiger charge is -2.13. The minimum absolute atomic E-state index is 0.512. The predicted molar refractivity (Wildman–Crippen MR) is 54.7 cm³/mol. The molecule has 12 heavy (non-hydrogen) atoms. The predicted octanol–water partition coefficient (Wildman–Crippen LogP) is 1.62.